The molecule has 0 spiro atoms. The summed E-state index contributed by atoms with van der Waals surface area (Å²) >= 11 is 0. The summed E-state index contributed by atoms with van der Waals surface area (Å²) < 4.78 is 4.86. The monoisotopic (exact) mass is 233 g/mol. The third-order valence-electron chi connectivity index (χ3n) is 3.09. The van der Waals surface area contributed by atoms with E-state index in [4.69, 9.17) is 4.74 Å². The minimum absolute atomic E-state index is 0.0806. The predicted octanol–water partition coefficient (Wildman–Crippen LogP) is 1.77. The third kappa shape index (κ3) is 3.86. The summed E-state index contributed by atoms with van der Waals surface area (Å²) in [7, 11) is 1.46. The number of hydrogen-bond acceptors (Lipinski definition) is 3. The molecule has 1 aliphatic rings. The van der Waals surface area contributed by atoms with Crippen LogP contribution >= 0.6 is 0 Å². The van der Waals surface area contributed by atoms with Gasteiger partial charge in [-0.05, 0) is 24.8 Å². The van der Waals surface area contributed by atoms with Crippen molar-refractivity contribution in [1.29, 1.82) is 0 Å². The normalized spacial score (nSPS) is 16.5. The highest BCUT2D eigenvalue weighted by atomic mass is 16.5. The molecule has 3 heteroatoms. The van der Waals surface area contributed by atoms with Crippen molar-refractivity contribution >= 4 is 5.97 Å². The van der Waals surface area contributed by atoms with E-state index in [-0.39, 0.29) is 11.9 Å². The first-order chi connectivity index (χ1) is 8.29. The number of benzene rings is 1. The molecule has 0 heterocycles. The number of methoxy groups -OCH3 is 1. The van der Waals surface area contributed by atoms with Crippen LogP contribution in [-0.2, 0) is 16.0 Å². The quantitative estimate of drug-likeness (QED) is 0.761. The van der Waals surface area contributed by atoms with Gasteiger partial charge in [0.2, 0.25) is 0 Å². The minimum atomic E-state index is -0.123. The Bertz CT molecular complexity index is 360. The van der Waals surface area contributed by atoms with E-state index < -0.39 is 0 Å². The SMILES string of the molecule is COC(=O)C(CNC1CC1)Cc1ccccc1. The topological polar surface area (TPSA) is 38.3 Å². The van der Waals surface area contributed by atoms with E-state index in [0.717, 1.165) is 6.42 Å². The van der Waals surface area contributed by atoms with Crippen LogP contribution in [-0.4, -0.2) is 25.7 Å². The maximum absolute atomic E-state index is 11.7. The summed E-state index contributed by atoms with van der Waals surface area (Å²) in [4.78, 5) is 11.7. The van der Waals surface area contributed by atoms with Gasteiger partial charge in [-0.1, -0.05) is 30.3 Å². The van der Waals surface area contributed by atoms with Crippen molar-refractivity contribution in [2.45, 2.75) is 25.3 Å². The van der Waals surface area contributed by atoms with Crippen molar-refractivity contribution in [3.05, 3.63) is 35.9 Å². The van der Waals surface area contributed by atoms with Crippen LogP contribution in [0.3, 0.4) is 0 Å². The number of carbonyl (C=O) groups excluding carboxylic acids is 1. The number of nitrogens with one attached hydrogen (secondary N) is 1. The van der Waals surface area contributed by atoms with Crippen molar-refractivity contribution in [2.75, 3.05) is 13.7 Å². The number of esters is 1. The van der Waals surface area contributed by atoms with E-state index >= 15 is 0 Å². The van der Waals surface area contributed by atoms with Gasteiger partial charge in [0, 0.05) is 12.6 Å². The average molecular weight is 233 g/mol. The fourth-order valence-electron chi connectivity index (χ4n) is 1.90. The van der Waals surface area contributed by atoms with Gasteiger partial charge in [0.05, 0.1) is 13.0 Å². The van der Waals surface area contributed by atoms with E-state index in [1.54, 1.807) is 0 Å². The van der Waals surface area contributed by atoms with Crippen LogP contribution in [0.1, 0.15) is 18.4 Å². The van der Waals surface area contributed by atoms with E-state index in [1.807, 2.05) is 30.3 Å². The molecule has 0 aliphatic heterocycles. The molecule has 0 saturated heterocycles. The lowest BCUT2D eigenvalue weighted by Gasteiger charge is -2.15. The molecule has 0 radical (unpaired) electrons. The second-order valence-corrected chi connectivity index (χ2v) is 4.59. The summed E-state index contributed by atoms with van der Waals surface area (Å²) in [6.45, 7) is 0.715. The summed E-state index contributed by atoms with van der Waals surface area (Å²) in [5.41, 5.74) is 1.18. The molecule has 1 aromatic rings. The van der Waals surface area contributed by atoms with Crippen LogP contribution in [0.25, 0.3) is 0 Å². The van der Waals surface area contributed by atoms with E-state index in [2.05, 4.69) is 5.32 Å². The predicted molar refractivity (Wildman–Crippen MR) is 66.7 cm³/mol. The second-order valence-electron chi connectivity index (χ2n) is 4.59. The lowest BCUT2D eigenvalue weighted by Crippen LogP contribution is -2.32. The Morgan fingerprint density at radius 1 is 1.41 bits per heavy atom. The van der Waals surface area contributed by atoms with Gasteiger partial charge < -0.3 is 10.1 Å². The van der Waals surface area contributed by atoms with Gasteiger partial charge in [0.1, 0.15) is 0 Å². The van der Waals surface area contributed by atoms with Crippen molar-refractivity contribution in [2.24, 2.45) is 5.92 Å². The van der Waals surface area contributed by atoms with E-state index in [1.165, 1.54) is 25.5 Å². The number of rotatable bonds is 6. The smallest absolute Gasteiger partial charge is 0.310 e. The van der Waals surface area contributed by atoms with Gasteiger partial charge in [-0.25, -0.2) is 0 Å². The van der Waals surface area contributed by atoms with Crippen molar-refractivity contribution in [1.82, 2.24) is 5.32 Å². The molecule has 0 bridgehead atoms. The summed E-state index contributed by atoms with van der Waals surface area (Å²) in [6, 6.07) is 10.7. The fraction of sp³-hybridized carbons (Fsp3) is 0.500. The van der Waals surface area contributed by atoms with Crippen LogP contribution < -0.4 is 5.32 Å². The van der Waals surface area contributed by atoms with Crippen LogP contribution in [0, 0.1) is 5.92 Å². The van der Waals surface area contributed by atoms with Gasteiger partial charge in [-0.2, -0.15) is 0 Å². The van der Waals surface area contributed by atoms with Gasteiger partial charge in [0.25, 0.3) is 0 Å². The van der Waals surface area contributed by atoms with Crippen molar-refractivity contribution < 1.29 is 9.53 Å². The Hall–Kier alpha value is -1.35. The zero-order valence-corrected chi connectivity index (χ0v) is 10.2. The molecule has 3 nitrogen and oxygen atoms in total. The number of carbonyl (C=O) groups is 1. The highest BCUT2D eigenvalue weighted by Gasteiger charge is 2.25. The summed E-state index contributed by atoms with van der Waals surface area (Å²) in [5, 5.41) is 3.39. The zero-order chi connectivity index (χ0) is 12.1. The summed E-state index contributed by atoms with van der Waals surface area (Å²) in [5.74, 6) is -0.204. The van der Waals surface area contributed by atoms with Crippen molar-refractivity contribution in [3.8, 4) is 0 Å². The molecule has 1 unspecified atom stereocenters. The highest BCUT2D eigenvalue weighted by molar-refractivity contribution is 5.73. The fourth-order valence-corrected chi connectivity index (χ4v) is 1.90. The largest absolute Gasteiger partial charge is 0.469 e. The van der Waals surface area contributed by atoms with E-state index in [0.29, 0.717) is 12.6 Å². The molecule has 1 saturated carbocycles. The Kier molecular flexibility index (Phi) is 4.15. The van der Waals surface area contributed by atoms with Crippen LogP contribution in [0.5, 0.6) is 0 Å². The first-order valence-electron chi connectivity index (χ1n) is 6.14. The molecule has 92 valence electrons. The zero-order valence-electron chi connectivity index (χ0n) is 10.2. The van der Waals surface area contributed by atoms with Gasteiger partial charge in [-0.15, -0.1) is 0 Å². The maximum Gasteiger partial charge on any atom is 0.310 e. The van der Waals surface area contributed by atoms with E-state index in [9.17, 15) is 4.79 Å². The molecule has 1 N–H and O–H groups in total. The van der Waals surface area contributed by atoms with Gasteiger partial charge >= 0.3 is 5.97 Å². The average Bonchev–Trinajstić information content (AvgIpc) is 3.19. The third-order valence-corrected chi connectivity index (χ3v) is 3.09. The maximum atomic E-state index is 11.7. The second kappa shape index (κ2) is 5.82. The van der Waals surface area contributed by atoms with Gasteiger partial charge in [0.15, 0.2) is 0 Å². The highest BCUT2D eigenvalue weighted by Crippen LogP contribution is 2.19. The molecule has 1 fully saturated rings. The molecule has 0 amide bonds. The first-order valence-corrected chi connectivity index (χ1v) is 6.14. The van der Waals surface area contributed by atoms with Crippen molar-refractivity contribution in [3.63, 3.8) is 0 Å². The first kappa shape index (κ1) is 12.1. The standard InChI is InChI=1S/C14H19NO2/c1-17-14(16)12(10-15-13-7-8-13)9-11-5-3-2-4-6-11/h2-6,12-13,15H,7-10H2,1H3. The molecular weight excluding hydrogens is 214 g/mol. The summed E-state index contributed by atoms with van der Waals surface area (Å²) in [6.07, 6.45) is 3.21. The molecule has 0 aromatic heterocycles. The molecule has 1 aliphatic carbocycles. The Labute approximate surface area is 102 Å². The molecule has 1 aromatic carbocycles. The Morgan fingerprint density at radius 2 is 2.12 bits per heavy atom. The van der Waals surface area contributed by atoms with Crippen LogP contribution in [0.2, 0.25) is 0 Å². The minimum Gasteiger partial charge on any atom is -0.469 e. The number of hydrogen-bond donors (Lipinski definition) is 1. The Morgan fingerprint density at radius 3 is 2.71 bits per heavy atom. The lowest BCUT2D eigenvalue weighted by molar-refractivity contribution is -0.145. The van der Waals surface area contributed by atoms with Crippen LogP contribution in [0.15, 0.2) is 30.3 Å². The molecule has 17 heavy (non-hydrogen) atoms. The van der Waals surface area contributed by atoms with Crippen LogP contribution in [0.4, 0.5) is 0 Å². The number of ether oxygens (including phenoxy) is 1. The van der Waals surface area contributed by atoms with Gasteiger partial charge in [-0.3, -0.25) is 4.79 Å². The molecule has 1 atom stereocenters. The molecular formula is C14H19NO2. The lowest BCUT2D eigenvalue weighted by atomic mass is 9.99. The Balaban J connectivity index is 1.91. The molecule has 2 rings (SSSR count).